The van der Waals surface area contributed by atoms with E-state index in [2.05, 4.69) is 9.80 Å². The number of halogens is 1. The topological polar surface area (TPSA) is 24.9 Å². The quantitative estimate of drug-likeness (QED) is 0.632. The van der Waals surface area contributed by atoms with Crippen LogP contribution in [0.5, 0.6) is 11.5 Å². The third kappa shape index (κ3) is 3.48. The van der Waals surface area contributed by atoms with E-state index >= 15 is 0 Å². The summed E-state index contributed by atoms with van der Waals surface area (Å²) in [6, 6.07) is 22.8. The molecule has 0 N–H and O–H groups in total. The highest BCUT2D eigenvalue weighted by Crippen LogP contribution is 2.37. The molecule has 1 aliphatic rings. The number of hydrogen-bond acceptors (Lipinski definition) is 4. The molecule has 3 aromatic carbocycles. The van der Waals surface area contributed by atoms with E-state index in [1.807, 2.05) is 60.7 Å². The summed E-state index contributed by atoms with van der Waals surface area (Å²) in [5.41, 5.74) is 2.82. The van der Waals surface area contributed by atoms with Gasteiger partial charge in [-0.25, -0.2) is 4.39 Å². The molecule has 5 heteroatoms. The summed E-state index contributed by atoms with van der Waals surface area (Å²) in [5, 5.41) is 0. The molecule has 1 aliphatic heterocycles. The van der Waals surface area contributed by atoms with E-state index < -0.39 is 0 Å². The van der Waals surface area contributed by atoms with Crippen LogP contribution in [-0.4, -0.2) is 27.4 Å². The molecule has 1 atom stereocenters. The third-order valence-electron chi connectivity index (χ3n) is 5.20. The van der Waals surface area contributed by atoms with Crippen molar-refractivity contribution in [2.75, 3.05) is 37.2 Å². The number of anilines is 2. The molecule has 0 aromatic heterocycles. The molecule has 1 saturated heterocycles. The van der Waals surface area contributed by atoms with Gasteiger partial charge in [-0.1, -0.05) is 18.2 Å². The molecule has 4 rings (SSSR count). The fraction of sp³-hybridized carbons (Fsp3) is 0.217. The van der Waals surface area contributed by atoms with Gasteiger partial charge in [0.25, 0.3) is 0 Å². The summed E-state index contributed by atoms with van der Waals surface area (Å²) in [6.07, 6.45) is 0. The van der Waals surface area contributed by atoms with Crippen molar-refractivity contribution in [3.63, 3.8) is 0 Å². The van der Waals surface area contributed by atoms with Crippen LogP contribution >= 0.6 is 0 Å². The van der Waals surface area contributed by atoms with Crippen molar-refractivity contribution in [1.82, 2.24) is 0 Å². The van der Waals surface area contributed by atoms with Gasteiger partial charge < -0.3 is 19.3 Å². The largest absolute Gasteiger partial charge is 0.497 e. The summed E-state index contributed by atoms with van der Waals surface area (Å²) in [5.74, 6) is 1.45. The molecule has 0 spiro atoms. The Balaban J connectivity index is 1.68. The number of benzene rings is 3. The van der Waals surface area contributed by atoms with Crippen LogP contribution in [-0.2, 0) is 0 Å². The van der Waals surface area contributed by atoms with Gasteiger partial charge >= 0.3 is 0 Å². The van der Waals surface area contributed by atoms with Gasteiger partial charge in [-0.05, 0) is 54.6 Å². The average Bonchev–Trinajstić information content (AvgIpc) is 3.19. The number of nitrogens with zero attached hydrogens (tertiary/aromatic N) is 2. The lowest BCUT2D eigenvalue weighted by atomic mass is 10.0. The summed E-state index contributed by atoms with van der Waals surface area (Å²) in [4.78, 5) is 4.48. The van der Waals surface area contributed by atoms with Gasteiger partial charge in [0.1, 0.15) is 17.3 Å². The molecule has 28 heavy (non-hydrogen) atoms. The van der Waals surface area contributed by atoms with Crippen molar-refractivity contribution < 1.29 is 13.9 Å². The predicted octanol–water partition coefficient (Wildman–Crippen LogP) is 4.87. The van der Waals surface area contributed by atoms with Crippen LogP contribution in [0.3, 0.4) is 0 Å². The summed E-state index contributed by atoms with van der Waals surface area (Å²) >= 11 is 0. The lowest BCUT2D eigenvalue weighted by Gasteiger charge is -2.26. The first-order valence-electron chi connectivity index (χ1n) is 9.23. The second kappa shape index (κ2) is 7.80. The third-order valence-corrected chi connectivity index (χ3v) is 5.20. The van der Waals surface area contributed by atoms with E-state index in [1.165, 1.54) is 6.07 Å². The van der Waals surface area contributed by atoms with E-state index in [0.717, 1.165) is 22.9 Å². The SMILES string of the molecule is COc1ccc(N2CC(c3ccccc3F)N(c3ccc(OC)cc3)C2)cc1. The first kappa shape index (κ1) is 18.2. The monoisotopic (exact) mass is 378 g/mol. The first-order chi connectivity index (χ1) is 13.7. The average molecular weight is 378 g/mol. The zero-order valence-electron chi connectivity index (χ0n) is 16.0. The Morgan fingerprint density at radius 2 is 1.36 bits per heavy atom. The van der Waals surface area contributed by atoms with Gasteiger partial charge in [-0.3, -0.25) is 0 Å². The molecule has 0 amide bonds. The number of rotatable bonds is 5. The zero-order chi connectivity index (χ0) is 19.5. The summed E-state index contributed by atoms with van der Waals surface area (Å²) in [6.45, 7) is 1.36. The Morgan fingerprint density at radius 3 is 1.93 bits per heavy atom. The van der Waals surface area contributed by atoms with Crippen LogP contribution in [0.25, 0.3) is 0 Å². The normalized spacial score (nSPS) is 16.3. The van der Waals surface area contributed by atoms with Crippen LogP contribution in [0.1, 0.15) is 11.6 Å². The van der Waals surface area contributed by atoms with E-state index in [1.54, 1.807) is 20.3 Å². The van der Waals surface area contributed by atoms with Gasteiger partial charge in [0.05, 0.1) is 26.9 Å². The molecule has 1 unspecified atom stereocenters. The maximum absolute atomic E-state index is 14.6. The van der Waals surface area contributed by atoms with Gasteiger partial charge in [-0.2, -0.15) is 0 Å². The standard InChI is InChI=1S/C23H23FN2O2/c1-27-19-11-7-17(8-12-19)25-15-23(21-5-3-4-6-22(21)24)26(16-25)18-9-13-20(28-2)14-10-18/h3-14,23H,15-16H2,1-2H3. The molecular formula is C23H23FN2O2. The molecule has 1 heterocycles. The second-order valence-electron chi connectivity index (χ2n) is 6.77. The van der Waals surface area contributed by atoms with Crippen molar-refractivity contribution in [3.05, 3.63) is 84.2 Å². The lowest BCUT2D eigenvalue weighted by molar-refractivity contribution is 0.414. The molecule has 0 bridgehead atoms. The van der Waals surface area contributed by atoms with Crippen molar-refractivity contribution in [2.45, 2.75) is 6.04 Å². The van der Waals surface area contributed by atoms with E-state index in [0.29, 0.717) is 18.8 Å². The Kier molecular flexibility index (Phi) is 5.06. The zero-order valence-corrected chi connectivity index (χ0v) is 16.0. The Bertz CT molecular complexity index is 928. The molecule has 3 aromatic rings. The van der Waals surface area contributed by atoms with Gasteiger partial charge in [0.15, 0.2) is 0 Å². The van der Waals surface area contributed by atoms with Crippen LogP contribution in [0.4, 0.5) is 15.8 Å². The smallest absolute Gasteiger partial charge is 0.128 e. The van der Waals surface area contributed by atoms with Crippen molar-refractivity contribution >= 4 is 11.4 Å². The molecule has 1 fully saturated rings. The Morgan fingerprint density at radius 1 is 0.786 bits per heavy atom. The van der Waals surface area contributed by atoms with E-state index in [-0.39, 0.29) is 11.9 Å². The fourth-order valence-corrected chi connectivity index (χ4v) is 3.67. The summed E-state index contributed by atoms with van der Waals surface area (Å²) < 4.78 is 25.1. The van der Waals surface area contributed by atoms with E-state index in [4.69, 9.17) is 9.47 Å². The minimum absolute atomic E-state index is 0.0864. The molecule has 0 saturated carbocycles. The van der Waals surface area contributed by atoms with Crippen LogP contribution < -0.4 is 19.3 Å². The minimum Gasteiger partial charge on any atom is -0.497 e. The van der Waals surface area contributed by atoms with E-state index in [9.17, 15) is 4.39 Å². The van der Waals surface area contributed by atoms with Crippen molar-refractivity contribution in [3.8, 4) is 11.5 Å². The predicted molar refractivity (Wildman–Crippen MR) is 110 cm³/mol. The van der Waals surface area contributed by atoms with Crippen LogP contribution in [0.15, 0.2) is 72.8 Å². The summed E-state index contributed by atoms with van der Waals surface area (Å²) in [7, 11) is 3.31. The molecular weight excluding hydrogens is 355 g/mol. The molecule has 0 aliphatic carbocycles. The number of hydrogen-bond donors (Lipinski definition) is 0. The Labute approximate surface area is 164 Å². The number of methoxy groups -OCH3 is 2. The Hall–Kier alpha value is -3.21. The van der Waals surface area contributed by atoms with Crippen molar-refractivity contribution in [2.24, 2.45) is 0 Å². The van der Waals surface area contributed by atoms with Crippen LogP contribution in [0.2, 0.25) is 0 Å². The van der Waals surface area contributed by atoms with Gasteiger partial charge in [0.2, 0.25) is 0 Å². The molecule has 144 valence electrons. The first-order valence-corrected chi connectivity index (χ1v) is 9.23. The van der Waals surface area contributed by atoms with Crippen molar-refractivity contribution in [1.29, 1.82) is 0 Å². The highest BCUT2D eigenvalue weighted by molar-refractivity contribution is 5.59. The van der Waals surface area contributed by atoms with Crippen LogP contribution in [0, 0.1) is 5.82 Å². The van der Waals surface area contributed by atoms with Gasteiger partial charge in [-0.15, -0.1) is 0 Å². The fourth-order valence-electron chi connectivity index (χ4n) is 3.67. The lowest BCUT2D eigenvalue weighted by Crippen LogP contribution is -2.26. The van der Waals surface area contributed by atoms with Gasteiger partial charge in [0, 0.05) is 23.5 Å². The molecule has 4 nitrogen and oxygen atoms in total. The second-order valence-corrected chi connectivity index (χ2v) is 6.77. The maximum Gasteiger partial charge on any atom is 0.128 e. The maximum atomic E-state index is 14.6. The molecule has 0 radical (unpaired) electrons. The minimum atomic E-state index is -0.178. The highest BCUT2D eigenvalue weighted by atomic mass is 19.1. The highest BCUT2D eigenvalue weighted by Gasteiger charge is 2.33. The number of ether oxygens (including phenoxy) is 2.